The van der Waals surface area contributed by atoms with Gasteiger partial charge in [0.05, 0.1) is 0 Å². The maximum Gasteiger partial charge on any atom is 0.225 e. The summed E-state index contributed by atoms with van der Waals surface area (Å²) < 4.78 is 0.880. The van der Waals surface area contributed by atoms with Crippen molar-refractivity contribution in [3.8, 4) is 0 Å². The van der Waals surface area contributed by atoms with Crippen LogP contribution in [-0.2, 0) is 4.79 Å². The molecule has 7 heteroatoms. The van der Waals surface area contributed by atoms with Crippen LogP contribution in [0.5, 0.6) is 0 Å². The minimum absolute atomic E-state index is 0.0331. The van der Waals surface area contributed by atoms with E-state index in [1.807, 2.05) is 6.07 Å². The van der Waals surface area contributed by atoms with Crippen LogP contribution in [0.4, 0.5) is 5.69 Å². The fourth-order valence-electron chi connectivity index (χ4n) is 1.25. The molecular formula is C11H10ClN3OS2. The predicted molar refractivity (Wildman–Crippen MR) is 75.3 cm³/mol. The van der Waals surface area contributed by atoms with E-state index in [2.05, 4.69) is 15.5 Å². The summed E-state index contributed by atoms with van der Waals surface area (Å²) in [5, 5.41) is 11.0. The quantitative estimate of drug-likeness (QED) is 0.861. The number of anilines is 1. The summed E-state index contributed by atoms with van der Waals surface area (Å²) in [5.41, 5.74) is 2.39. The van der Waals surface area contributed by atoms with E-state index in [1.165, 1.54) is 23.1 Å². The predicted octanol–water partition coefficient (Wildman–Crippen LogP) is 3.31. The molecule has 2 rings (SSSR count). The van der Waals surface area contributed by atoms with Crippen LogP contribution in [0.2, 0.25) is 5.02 Å². The monoisotopic (exact) mass is 299 g/mol. The Morgan fingerprint density at radius 2 is 2.39 bits per heavy atom. The average Bonchev–Trinajstić information content (AvgIpc) is 2.82. The number of thioether (sulfide) groups is 1. The average molecular weight is 300 g/mol. The number of nitrogens with zero attached hydrogens (tertiary/aromatic N) is 2. The van der Waals surface area contributed by atoms with Gasteiger partial charge in [0.1, 0.15) is 5.51 Å². The highest BCUT2D eigenvalue weighted by Crippen LogP contribution is 2.20. The highest BCUT2D eigenvalue weighted by molar-refractivity contribution is 8.01. The van der Waals surface area contributed by atoms with Crippen molar-refractivity contribution in [2.45, 2.75) is 10.8 Å². The topological polar surface area (TPSA) is 54.9 Å². The maximum atomic E-state index is 11.7. The van der Waals surface area contributed by atoms with Crippen LogP contribution in [0.25, 0.3) is 0 Å². The molecule has 0 spiro atoms. The third kappa shape index (κ3) is 4.29. The Balaban J connectivity index is 1.75. The van der Waals surface area contributed by atoms with Gasteiger partial charge < -0.3 is 5.32 Å². The number of rotatable bonds is 5. The van der Waals surface area contributed by atoms with Gasteiger partial charge in [-0.2, -0.15) is 0 Å². The summed E-state index contributed by atoms with van der Waals surface area (Å²) >= 11 is 8.83. The van der Waals surface area contributed by atoms with Gasteiger partial charge in [-0.3, -0.25) is 4.79 Å². The Morgan fingerprint density at radius 1 is 1.50 bits per heavy atom. The van der Waals surface area contributed by atoms with Gasteiger partial charge in [0, 0.05) is 22.9 Å². The van der Waals surface area contributed by atoms with Crippen LogP contribution in [0.3, 0.4) is 0 Å². The van der Waals surface area contributed by atoms with Gasteiger partial charge in [0.2, 0.25) is 5.91 Å². The molecule has 1 aromatic carbocycles. The lowest BCUT2D eigenvalue weighted by Gasteiger charge is -2.04. The molecule has 0 saturated carbocycles. The van der Waals surface area contributed by atoms with Crippen LogP contribution < -0.4 is 5.32 Å². The molecule has 1 amide bonds. The summed E-state index contributed by atoms with van der Waals surface area (Å²) in [5.74, 6) is 0.649. The SMILES string of the molecule is O=C(CCSc1nncs1)Nc1cccc(Cl)c1. The Kier molecular flexibility index (Phi) is 4.98. The van der Waals surface area contributed by atoms with Crippen molar-refractivity contribution < 1.29 is 4.79 Å². The largest absolute Gasteiger partial charge is 0.326 e. The minimum Gasteiger partial charge on any atom is -0.326 e. The molecule has 2 aromatic rings. The van der Waals surface area contributed by atoms with Crippen LogP contribution in [0, 0.1) is 0 Å². The lowest BCUT2D eigenvalue weighted by Crippen LogP contribution is -2.11. The van der Waals surface area contributed by atoms with E-state index in [-0.39, 0.29) is 5.91 Å². The number of halogens is 1. The van der Waals surface area contributed by atoms with E-state index in [0.717, 1.165) is 4.34 Å². The van der Waals surface area contributed by atoms with E-state index in [9.17, 15) is 4.79 Å². The smallest absolute Gasteiger partial charge is 0.225 e. The highest BCUT2D eigenvalue weighted by atomic mass is 35.5. The highest BCUT2D eigenvalue weighted by Gasteiger charge is 2.04. The standard InChI is InChI=1S/C11H10ClN3OS2/c12-8-2-1-3-9(6-8)14-10(16)4-5-17-11-15-13-7-18-11/h1-3,6-7H,4-5H2,(H,14,16). The second-order valence-electron chi connectivity index (χ2n) is 3.36. The van der Waals surface area contributed by atoms with Gasteiger partial charge in [0.25, 0.3) is 0 Å². The number of nitrogens with one attached hydrogen (secondary N) is 1. The van der Waals surface area contributed by atoms with Crippen molar-refractivity contribution in [2.75, 3.05) is 11.1 Å². The third-order valence-corrected chi connectivity index (χ3v) is 4.10. The molecule has 0 aliphatic rings. The molecule has 18 heavy (non-hydrogen) atoms. The number of carbonyl (C=O) groups is 1. The molecule has 0 bridgehead atoms. The first kappa shape index (κ1) is 13.3. The molecule has 1 N–H and O–H groups in total. The number of amides is 1. The van der Waals surface area contributed by atoms with Crippen LogP contribution in [0.1, 0.15) is 6.42 Å². The summed E-state index contributed by atoms with van der Waals surface area (Å²) in [6.45, 7) is 0. The van der Waals surface area contributed by atoms with Crippen molar-refractivity contribution in [2.24, 2.45) is 0 Å². The summed E-state index contributed by atoms with van der Waals surface area (Å²) in [4.78, 5) is 11.7. The third-order valence-electron chi connectivity index (χ3n) is 2.00. The van der Waals surface area contributed by atoms with Crippen molar-refractivity contribution in [3.05, 3.63) is 34.8 Å². The molecule has 94 valence electrons. The van der Waals surface area contributed by atoms with Gasteiger partial charge >= 0.3 is 0 Å². The first-order valence-electron chi connectivity index (χ1n) is 5.18. The second-order valence-corrected chi connectivity index (χ2v) is 5.97. The van der Waals surface area contributed by atoms with E-state index in [1.54, 1.807) is 23.7 Å². The number of aromatic nitrogens is 2. The molecule has 1 heterocycles. The zero-order chi connectivity index (χ0) is 12.8. The Hall–Kier alpha value is -1.11. The Labute approximate surface area is 118 Å². The van der Waals surface area contributed by atoms with E-state index >= 15 is 0 Å². The van der Waals surface area contributed by atoms with Crippen molar-refractivity contribution >= 4 is 46.3 Å². The minimum atomic E-state index is -0.0331. The number of benzene rings is 1. The lowest BCUT2D eigenvalue weighted by atomic mass is 10.3. The van der Waals surface area contributed by atoms with Gasteiger partial charge in [-0.1, -0.05) is 40.8 Å². The molecule has 0 unspecified atom stereocenters. The van der Waals surface area contributed by atoms with E-state index in [4.69, 9.17) is 11.6 Å². The molecule has 0 atom stereocenters. The molecule has 0 saturated heterocycles. The summed E-state index contributed by atoms with van der Waals surface area (Å²) in [6.07, 6.45) is 0.427. The van der Waals surface area contributed by atoms with Gasteiger partial charge in [0.15, 0.2) is 4.34 Å². The Bertz CT molecular complexity index is 519. The molecule has 0 aliphatic heterocycles. The maximum absolute atomic E-state index is 11.7. The number of carbonyl (C=O) groups excluding carboxylic acids is 1. The fraction of sp³-hybridized carbons (Fsp3) is 0.182. The van der Waals surface area contributed by atoms with Gasteiger partial charge in [-0.05, 0) is 18.2 Å². The molecular weight excluding hydrogens is 290 g/mol. The van der Waals surface area contributed by atoms with Crippen molar-refractivity contribution in [1.29, 1.82) is 0 Å². The molecule has 0 radical (unpaired) electrons. The van der Waals surface area contributed by atoms with Gasteiger partial charge in [-0.25, -0.2) is 0 Å². The summed E-state index contributed by atoms with van der Waals surface area (Å²) in [6, 6.07) is 7.09. The Morgan fingerprint density at radius 3 is 3.11 bits per heavy atom. The van der Waals surface area contributed by atoms with Crippen LogP contribution >= 0.6 is 34.7 Å². The molecule has 0 fully saturated rings. The van der Waals surface area contributed by atoms with E-state index < -0.39 is 0 Å². The second kappa shape index (κ2) is 6.72. The zero-order valence-electron chi connectivity index (χ0n) is 9.30. The first-order valence-corrected chi connectivity index (χ1v) is 7.43. The zero-order valence-corrected chi connectivity index (χ0v) is 11.7. The molecule has 4 nitrogen and oxygen atoms in total. The van der Waals surface area contributed by atoms with Crippen LogP contribution in [-0.4, -0.2) is 21.9 Å². The lowest BCUT2D eigenvalue weighted by molar-refractivity contribution is -0.115. The van der Waals surface area contributed by atoms with Gasteiger partial charge in [-0.15, -0.1) is 10.2 Å². The van der Waals surface area contributed by atoms with Crippen molar-refractivity contribution in [3.63, 3.8) is 0 Å². The van der Waals surface area contributed by atoms with E-state index in [0.29, 0.717) is 22.9 Å². The summed E-state index contributed by atoms with van der Waals surface area (Å²) in [7, 11) is 0. The normalized spacial score (nSPS) is 10.3. The number of hydrogen-bond acceptors (Lipinski definition) is 5. The van der Waals surface area contributed by atoms with Crippen LogP contribution in [0.15, 0.2) is 34.1 Å². The molecule has 0 aliphatic carbocycles. The first-order chi connectivity index (χ1) is 8.74. The fourth-order valence-corrected chi connectivity index (χ4v) is 2.93. The number of hydrogen-bond donors (Lipinski definition) is 1. The molecule has 1 aromatic heterocycles. The van der Waals surface area contributed by atoms with Crippen molar-refractivity contribution in [1.82, 2.24) is 10.2 Å².